The van der Waals surface area contributed by atoms with Crippen LogP contribution in [0.4, 0.5) is 0 Å². The Morgan fingerprint density at radius 3 is 2.64 bits per heavy atom. The summed E-state index contributed by atoms with van der Waals surface area (Å²) in [6.07, 6.45) is 7.13. The summed E-state index contributed by atoms with van der Waals surface area (Å²) in [4.78, 5) is 25.8. The third-order valence-electron chi connectivity index (χ3n) is 6.98. The zero-order chi connectivity index (χ0) is 18.2. The smallest absolute Gasteiger partial charge is 0.322 e. The summed E-state index contributed by atoms with van der Waals surface area (Å²) < 4.78 is 16.8. The van der Waals surface area contributed by atoms with Crippen molar-refractivity contribution in [1.29, 1.82) is 0 Å². The molecule has 5 rings (SSSR count). The Morgan fingerprint density at radius 2 is 2.00 bits per heavy atom. The predicted molar refractivity (Wildman–Crippen MR) is 89.9 cm³/mol. The first-order valence-electron chi connectivity index (χ1n) is 8.77. The number of fused-ring (bicyclic) bond motifs is 1. The number of esters is 2. The molecule has 5 atom stereocenters. The Morgan fingerprint density at radius 1 is 1.28 bits per heavy atom. The first kappa shape index (κ1) is 16.4. The quantitative estimate of drug-likeness (QED) is 0.569. The summed E-state index contributed by atoms with van der Waals surface area (Å²) in [6.45, 7) is 10.2. The molecule has 0 aromatic rings. The van der Waals surface area contributed by atoms with Crippen LogP contribution in [0.15, 0.2) is 36.3 Å². The maximum Gasteiger partial charge on any atom is 0.322 e. The van der Waals surface area contributed by atoms with Crippen LogP contribution < -0.4 is 0 Å². The molecule has 1 spiro atoms. The van der Waals surface area contributed by atoms with Crippen molar-refractivity contribution < 1.29 is 23.8 Å². The molecule has 2 aliphatic carbocycles. The van der Waals surface area contributed by atoms with Crippen molar-refractivity contribution in [2.45, 2.75) is 39.2 Å². The Bertz CT molecular complexity index is 745. The molecule has 2 bridgehead atoms. The molecule has 25 heavy (non-hydrogen) atoms. The molecular formula is C20H24O5. The number of ether oxygens (including phenoxy) is 3. The monoisotopic (exact) mass is 344 g/mol. The minimum Gasteiger partial charge on any atom is -0.468 e. The van der Waals surface area contributed by atoms with Crippen LogP contribution in [0.25, 0.3) is 0 Å². The first-order valence-corrected chi connectivity index (χ1v) is 8.77. The van der Waals surface area contributed by atoms with Crippen molar-refractivity contribution in [2.75, 3.05) is 7.11 Å². The van der Waals surface area contributed by atoms with Crippen LogP contribution in [0.2, 0.25) is 0 Å². The molecule has 5 aliphatic rings. The number of hydrogen-bond donors (Lipinski definition) is 0. The van der Waals surface area contributed by atoms with Gasteiger partial charge in [0.25, 0.3) is 5.95 Å². The molecule has 3 heterocycles. The van der Waals surface area contributed by atoms with Crippen LogP contribution in [0.5, 0.6) is 0 Å². The van der Waals surface area contributed by atoms with E-state index in [1.807, 2.05) is 13.0 Å². The van der Waals surface area contributed by atoms with Crippen molar-refractivity contribution in [3.63, 3.8) is 0 Å². The molecule has 1 saturated carbocycles. The maximum atomic E-state index is 13.1. The van der Waals surface area contributed by atoms with Crippen molar-refractivity contribution in [1.82, 2.24) is 0 Å². The SMILES string of the molecule is C=CC1(C)CC[C@H]2C(C)(C)[C@@H]3C=C4C=C(OC)OC(=O)[C@@H]1[C@@]42OC3=O. The molecule has 3 aliphatic heterocycles. The lowest BCUT2D eigenvalue weighted by molar-refractivity contribution is -0.232. The van der Waals surface area contributed by atoms with E-state index in [4.69, 9.17) is 14.2 Å². The summed E-state index contributed by atoms with van der Waals surface area (Å²) in [7, 11) is 1.47. The highest BCUT2D eigenvalue weighted by Crippen LogP contribution is 2.67. The third-order valence-corrected chi connectivity index (χ3v) is 6.98. The Hall–Kier alpha value is -2.04. The number of carbonyl (C=O) groups excluding carboxylic acids is 2. The summed E-state index contributed by atoms with van der Waals surface area (Å²) in [6, 6.07) is 0. The van der Waals surface area contributed by atoms with Gasteiger partial charge in [-0.3, -0.25) is 9.59 Å². The van der Waals surface area contributed by atoms with Gasteiger partial charge in [0, 0.05) is 23.0 Å². The highest BCUT2D eigenvalue weighted by Gasteiger charge is 2.72. The maximum absolute atomic E-state index is 13.1. The molecule has 1 unspecified atom stereocenters. The largest absolute Gasteiger partial charge is 0.468 e. The molecule has 0 aromatic heterocycles. The lowest BCUT2D eigenvalue weighted by Gasteiger charge is -2.64. The van der Waals surface area contributed by atoms with E-state index in [0.717, 1.165) is 18.4 Å². The van der Waals surface area contributed by atoms with Gasteiger partial charge in [0.05, 0.1) is 13.0 Å². The van der Waals surface area contributed by atoms with Crippen LogP contribution in [0.3, 0.4) is 0 Å². The van der Waals surface area contributed by atoms with E-state index in [0.29, 0.717) is 0 Å². The number of carbonyl (C=O) groups is 2. The first-order chi connectivity index (χ1) is 11.7. The summed E-state index contributed by atoms with van der Waals surface area (Å²) in [5.74, 6) is -1.47. The lowest BCUT2D eigenvalue weighted by Crippen LogP contribution is -2.70. The summed E-state index contributed by atoms with van der Waals surface area (Å²) >= 11 is 0. The third kappa shape index (κ3) is 1.79. The second-order valence-electron chi connectivity index (χ2n) is 8.46. The summed E-state index contributed by atoms with van der Waals surface area (Å²) in [5, 5.41) is 0. The average Bonchev–Trinajstić information content (AvgIpc) is 2.67. The molecule has 0 aromatic carbocycles. The molecule has 5 nitrogen and oxygen atoms in total. The number of rotatable bonds is 2. The zero-order valence-electron chi connectivity index (χ0n) is 15.1. The van der Waals surface area contributed by atoms with Crippen LogP contribution in [0, 0.1) is 28.6 Å². The van der Waals surface area contributed by atoms with Crippen molar-refractivity contribution in [3.8, 4) is 0 Å². The molecule has 0 radical (unpaired) electrons. The molecule has 5 heteroatoms. The van der Waals surface area contributed by atoms with Gasteiger partial charge < -0.3 is 14.2 Å². The van der Waals surface area contributed by atoms with Gasteiger partial charge in [-0.2, -0.15) is 0 Å². The van der Waals surface area contributed by atoms with Gasteiger partial charge in [-0.1, -0.05) is 32.9 Å². The Balaban J connectivity index is 2.04. The zero-order valence-corrected chi connectivity index (χ0v) is 15.1. The standard InChI is InChI=1S/C20H24O5/c1-6-19(4)8-7-13-18(2,3)12-9-11-10-14(23-5)24-17(22)15(19)20(11,13)25-16(12)21/h6,9-10,12-13,15H,1,7-8H2,2-5H3/t12-,13+,15+,19?,20-/m1/s1. The van der Waals surface area contributed by atoms with E-state index < -0.39 is 22.9 Å². The van der Waals surface area contributed by atoms with Crippen molar-refractivity contribution >= 4 is 11.9 Å². The number of methoxy groups -OCH3 is 1. The van der Waals surface area contributed by atoms with Crippen molar-refractivity contribution in [2.24, 2.45) is 28.6 Å². The van der Waals surface area contributed by atoms with Gasteiger partial charge in [-0.15, -0.1) is 6.58 Å². The highest BCUT2D eigenvalue weighted by atomic mass is 16.7. The Labute approximate surface area is 147 Å². The van der Waals surface area contributed by atoms with Gasteiger partial charge in [0.2, 0.25) is 0 Å². The number of hydrogen-bond acceptors (Lipinski definition) is 5. The highest BCUT2D eigenvalue weighted by molar-refractivity contribution is 5.86. The van der Waals surface area contributed by atoms with Gasteiger partial charge >= 0.3 is 11.9 Å². The van der Waals surface area contributed by atoms with E-state index in [9.17, 15) is 9.59 Å². The number of allylic oxidation sites excluding steroid dienone is 1. The second-order valence-corrected chi connectivity index (χ2v) is 8.46. The molecule has 2 fully saturated rings. The van der Waals surface area contributed by atoms with E-state index in [1.54, 1.807) is 12.2 Å². The van der Waals surface area contributed by atoms with Gasteiger partial charge in [-0.05, 0) is 18.3 Å². The lowest BCUT2D eigenvalue weighted by atomic mass is 9.44. The molecule has 1 saturated heterocycles. The van der Waals surface area contributed by atoms with E-state index >= 15 is 0 Å². The van der Waals surface area contributed by atoms with Crippen LogP contribution in [0.1, 0.15) is 33.6 Å². The number of cyclic esters (lactones) is 1. The molecule has 0 amide bonds. The minimum absolute atomic E-state index is 0.0423. The van der Waals surface area contributed by atoms with Crippen LogP contribution >= 0.6 is 0 Å². The summed E-state index contributed by atoms with van der Waals surface area (Å²) in [5.41, 5.74) is -1.01. The molecule has 0 N–H and O–H groups in total. The van der Waals surface area contributed by atoms with E-state index in [2.05, 4.69) is 20.4 Å². The van der Waals surface area contributed by atoms with Gasteiger partial charge in [-0.25, -0.2) is 0 Å². The van der Waals surface area contributed by atoms with Gasteiger partial charge in [0.15, 0.2) is 5.60 Å². The fourth-order valence-electron chi connectivity index (χ4n) is 5.57. The van der Waals surface area contributed by atoms with Crippen LogP contribution in [-0.4, -0.2) is 24.6 Å². The average molecular weight is 344 g/mol. The topological polar surface area (TPSA) is 61.8 Å². The van der Waals surface area contributed by atoms with E-state index in [-0.39, 0.29) is 29.2 Å². The second kappa shape index (κ2) is 4.77. The fourth-order valence-corrected chi connectivity index (χ4v) is 5.57. The van der Waals surface area contributed by atoms with Crippen LogP contribution in [-0.2, 0) is 23.8 Å². The fraction of sp³-hybridized carbons (Fsp3) is 0.600. The van der Waals surface area contributed by atoms with Gasteiger partial charge in [0.1, 0.15) is 5.92 Å². The van der Waals surface area contributed by atoms with E-state index in [1.165, 1.54) is 7.11 Å². The normalized spacial score (nSPS) is 43.8. The predicted octanol–water partition coefficient (Wildman–Crippen LogP) is 3.13. The van der Waals surface area contributed by atoms with Crippen molar-refractivity contribution in [3.05, 3.63) is 36.3 Å². The Kier molecular flexibility index (Phi) is 3.14. The molecular weight excluding hydrogens is 320 g/mol. The molecule has 134 valence electrons. The minimum atomic E-state index is -1.02.